The summed E-state index contributed by atoms with van der Waals surface area (Å²) < 4.78 is 34.0. The van der Waals surface area contributed by atoms with Gasteiger partial charge in [-0.2, -0.15) is 13.4 Å². The predicted octanol–water partition coefficient (Wildman–Crippen LogP) is 6.38. The summed E-state index contributed by atoms with van der Waals surface area (Å²) in [4.78, 5) is 37.9. The van der Waals surface area contributed by atoms with E-state index in [1.54, 1.807) is 37.6 Å². The largest absolute Gasteiger partial charge is 0.492 e. The number of anilines is 3. The third-order valence-corrected chi connectivity index (χ3v) is 9.30. The smallest absolute Gasteiger partial charge is 0.335 e. The minimum absolute atomic E-state index is 0.154. The van der Waals surface area contributed by atoms with Gasteiger partial charge in [-0.3, -0.25) is 9.69 Å². The lowest BCUT2D eigenvalue weighted by atomic mass is 9.86. The van der Waals surface area contributed by atoms with Crippen molar-refractivity contribution in [2.75, 3.05) is 69.5 Å². The first-order chi connectivity index (χ1) is 28.0. The molecule has 0 saturated carbocycles. The number of hydrogen-bond acceptors (Lipinski definition) is 11. The topological polar surface area (TPSA) is 173 Å². The quantitative estimate of drug-likeness (QED) is 0.103. The maximum atomic E-state index is 13.4. The normalized spacial score (nSPS) is 12.6. The van der Waals surface area contributed by atoms with Gasteiger partial charge in [-0.15, -0.1) is 6.42 Å². The van der Waals surface area contributed by atoms with Crippen LogP contribution in [-0.4, -0.2) is 88.8 Å². The van der Waals surface area contributed by atoms with Crippen molar-refractivity contribution in [1.82, 2.24) is 20.2 Å². The van der Waals surface area contributed by atoms with Gasteiger partial charge in [0.15, 0.2) is 5.75 Å². The first-order valence-electron chi connectivity index (χ1n) is 18.6. The molecule has 0 aliphatic carbocycles. The average Bonchev–Trinajstić information content (AvgIpc) is 3.21. The third-order valence-electron chi connectivity index (χ3n) is 9.30. The number of urea groups is 1. The number of benzene rings is 4. The molecule has 6 rings (SSSR count). The SMILES string of the molecule is C#Cc1cc(Cc2nccc(Oc3ccc(NC(=O)Nc4cc(C(C)(C)C)cc(NC)c4OC)c4ccccc34)n2)cc(C(=O)NCCN2CCOCC2)c1.O=S=O. The monoisotopic (exact) mass is 805 g/mol. The highest BCUT2D eigenvalue weighted by Crippen LogP contribution is 2.39. The van der Waals surface area contributed by atoms with Gasteiger partial charge in [0.05, 0.1) is 37.4 Å². The Hall–Kier alpha value is -6.34. The number of rotatable bonds is 12. The zero-order valence-electron chi connectivity index (χ0n) is 33.1. The molecule has 0 atom stereocenters. The van der Waals surface area contributed by atoms with Crippen molar-refractivity contribution < 1.29 is 32.2 Å². The Morgan fingerprint density at radius 3 is 2.34 bits per heavy atom. The summed E-state index contributed by atoms with van der Waals surface area (Å²) in [5, 5.41) is 13.7. The molecule has 4 N–H and O–H groups in total. The van der Waals surface area contributed by atoms with Crippen molar-refractivity contribution in [3.05, 3.63) is 107 Å². The lowest BCUT2D eigenvalue weighted by Crippen LogP contribution is -2.41. The average molecular weight is 806 g/mol. The second kappa shape index (κ2) is 20.2. The molecule has 4 aromatic carbocycles. The lowest BCUT2D eigenvalue weighted by molar-refractivity contribution is 0.0383. The predicted molar refractivity (Wildman–Crippen MR) is 226 cm³/mol. The molecule has 3 amide bonds. The van der Waals surface area contributed by atoms with Crippen LogP contribution < -0.4 is 30.7 Å². The van der Waals surface area contributed by atoms with Gasteiger partial charge in [0.1, 0.15) is 11.6 Å². The summed E-state index contributed by atoms with van der Waals surface area (Å²) >= 11 is -0.750. The van der Waals surface area contributed by atoms with E-state index in [2.05, 4.69) is 62.8 Å². The van der Waals surface area contributed by atoms with E-state index >= 15 is 0 Å². The van der Waals surface area contributed by atoms with Crippen LogP contribution >= 0.6 is 0 Å². The summed E-state index contributed by atoms with van der Waals surface area (Å²) in [5.41, 5.74) is 4.68. The minimum atomic E-state index is -0.750. The molecule has 1 fully saturated rings. The number of ether oxygens (including phenoxy) is 3. The van der Waals surface area contributed by atoms with Gasteiger partial charge < -0.3 is 35.5 Å². The number of amides is 3. The highest BCUT2D eigenvalue weighted by atomic mass is 32.1. The number of terminal acetylenes is 1. The van der Waals surface area contributed by atoms with E-state index in [0.717, 1.165) is 47.2 Å². The van der Waals surface area contributed by atoms with Crippen molar-refractivity contribution in [3.63, 3.8) is 0 Å². The Morgan fingerprint density at radius 2 is 1.66 bits per heavy atom. The van der Waals surface area contributed by atoms with Crippen LogP contribution in [0.2, 0.25) is 0 Å². The van der Waals surface area contributed by atoms with E-state index in [0.29, 0.717) is 71.9 Å². The molecular weight excluding hydrogens is 759 g/mol. The number of fused-ring (bicyclic) bond motifs is 1. The number of hydrogen-bond donors (Lipinski definition) is 4. The van der Waals surface area contributed by atoms with Crippen LogP contribution in [0.15, 0.2) is 79.0 Å². The summed E-state index contributed by atoms with van der Waals surface area (Å²) in [6.45, 7) is 10.7. The zero-order valence-corrected chi connectivity index (χ0v) is 34.0. The third kappa shape index (κ3) is 11.4. The molecule has 0 spiro atoms. The maximum absolute atomic E-state index is 13.4. The number of methoxy groups -OCH3 is 1. The molecule has 0 radical (unpaired) electrons. The molecule has 1 aromatic heterocycles. The van der Waals surface area contributed by atoms with E-state index in [4.69, 9.17) is 29.1 Å². The van der Waals surface area contributed by atoms with Crippen molar-refractivity contribution in [1.29, 1.82) is 0 Å². The van der Waals surface area contributed by atoms with Gasteiger partial charge in [-0.1, -0.05) is 51.0 Å². The Balaban J connectivity index is 0.00000207. The zero-order chi connectivity index (χ0) is 41.7. The van der Waals surface area contributed by atoms with Crippen molar-refractivity contribution in [3.8, 4) is 29.7 Å². The summed E-state index contributed by atoms with van der Waals surface area (Å²) in [6.07, 6.45) is 7.73. The van der Waals surface area contributed by atoms with Crippen LogP contribution in [0.25, 0.3) is 10.8 Å². The van der Waals surface area contributed by atoms with Crippen LogP contribution in [0.5, 0.6) is 17.4 Å². The Kier molecular flexibility index (Phi) is 14.9. The molecular formula is C43H47N7O7S. The second-order valence-corrected chi connectivity index (χ2v) is 14.4. The van der Waals surface area contributed by atoms with Crippen molar-refractivity contribution in [2.24, 2.45) is 0 Å². The molecule has 1 aliphatic heterocycles. The molecule has 302 valence electrons. The summed E-state index contributed by atoms with van der Waals surface area (Å²) in [6, 6.07) is 21.8. The fraction of sp³-hybridized carbons (Fsp3) is 0.302. The van der Waals surface area contributed by atoms with Crippen molar-refractivity contribution >= 4 is 51.3 Å². The van der Waals surface area contributed by atoms with Gasteiger partial charge in [0.25, 0.3) is 5.91 Å². The molecule has 1 aliphatic rings. The van der Waals surface area contributed by atoms with E-state index in [9.17, 15) is 9.59 Å². The highest BCUT2D eigenvalue weighted by molar-refractivity contribution is 7.51. The first kappa shape index (κ1) is 42.8. The molecule has 2 heterocycles. The van der Waals surface area contributed by atoms with Gasteiger partial charge in [0.2, 0.25) is 5.88 Å². The Bertz CT molecular complexity index is 2330. The van der Waals surface area contributed by atoms with Crippen LogP contribution in [-0.2, 0) is 28.1 Å². The highest BCUT2D eigenvalue weighted by Gasteiger charge is 2.21. The fourth-order valence-electron chi connectivity index (χ4n) is 6.39. The molecule has 58 heavy (non-hydrogen) atoms. The molecule has 5 aromatic rings. The van der Waals surface area contributed by atoms with Gasteiger partial charge in [-0.05, 0) is 59.0 Å². The number of nitrogens with zero attached hydrogens (tertiary/aromatic N) is 3. The Labute approximate surface area is 341 Å². The molecule has 0 bridgehead atoms. The van der Waals surface area contributed by atoms with E-state index < -0.39 is 17.6 Å². The summed E-state index contributed by atoms with van der Waals surface area (Å²) in [7, 11) is 3.39. The summed E-state index contributed by atoms with van der Waals surface area (Å²) in [5.74, 6) is 4.39. The molecule has 0 unspecified atom stereocenters. The van der Waals surface area contributed by atoms with Gasteiger partial charge >= 0.3 is 17.6 Å². The first-order valence-corrected chi connectivity index (χ1v) is 19.2. The van der Waals surface area contributed by atoms with Crippen LogP contribution in [0, 0.1) is 12.3 Å². The van der Waals surface area contributed by atoms with Crippen molar-refractivity contribution in [2.45, 2.75) is 32.6 Å². The van der Waals surface area contributed by atoms with Crippen LogP contribution in [0.4, 0.5) is 21.9 Å². The van der Waals surface area contributed by atoms with Gasteiger partial charge in [-0.25, -0.2) is 9.78 Å². The van der Waals surface area contributed by atoms with E-state index in [1.165, 1.54) is 0 Å². The number of morpholine rings is 1. The number of aromatic nitrogens is 2. The number of carbonyl (C=O) groups is 2. The van der Waals surface area contributed by atoms with Gasteiger partial charge in [0, 0.05) is 73.8 Å². The fourth-order valence-corrected chi connectivity index (χ4v) is 6.39. The maximum Gasteiger partial charge on any atom is 0.335 e. The molecule has 1 saturated heterocycles. The van der Waals surface area contributed by atoms with Crippen LogP contribution in [0.3, 0.4) is 0 Å². The second-order valence-electron chi connectivity index (χ2n) is 14.3. The minimum Gasteiger partial charge on any atom is -0.492 e. The standard InChI is InChI=1S/C43H47N7O5.O2S/c1-7-28-22-29(24-30(23-28)41(51)46-16-17-50-18-20-54-21-19-50)25-38-45-15-14-39(49-38)55-37-13-12-34(32-10-8-9-11-33(32)37)47-42(52)48-36-27-31(43(2,3)4)26-35(44-5)40(36)53-6;1-3-2/h1,8-15,22-24,26-27,44H,16-21,25H2,2-6H3,(H,46,51)(H2,47,48,52);. The number of nitrogens with one attached hydrogen (secondary N) is 4. The van der Waals surface area contributed by atoms with E-state index in [1.807, 2.05) is 55.6 Å². The van der Waals surface area contributed by atoms with E-state index in [-0.39, 0.29) is 11.3 Å². The lowest BCUT2D eigenvalue weighted by Gasteiger charge is -2.26. The molecule has 15 heteroatoms. The number of carbonyl (C=O) groups excluding carboxylic acids is 2. The molecule has 14 nitrogen and oxygen atoms in total. The van der Waals surface area contributed by atoms with Crippen LogP contribution in [0.1, 0.15) is 53.6 Å². The Morgan fingerprint density at radius 1 is 0.948 bits per heavy atom.